The number of hydrogen-bond acceptors (Lipinski definition) is 3. The van der Waals surface area contributed by atoms with E-state index in [1.165, 1.54) is 29.7 Å². The Kier molecular flexibility index (Phi) is 4.45. The van der Waals surface area contributed by atoms with Crippen molar-refractivity contribution in [1.29, 1.82) is 0 Å². The zero-order valence-electron chi connectivity index (χ0n) is 15.1. The van der Waals surface area contributed by atoms with Crippen LogP contribution < -0.4 is 16.4 Å². The zero-order valence-corrected chi connectivity index (χ0v) is 15.1. The first-order chi connectivity index (χ1) is 10.8. The van der Waals surface area contributed by atoms with Crippen LogP contribution in [0.1, 0.15) is 63.5 Å². The van der Waals surface area contributed by atoms with E-state index in [1.54, 1.807) is 0 Å². The molecule has 3 heteroatoms. The average Bonchev–Trinajstić information content (AvgIpc) is 2.51. The Morgan fingerprint density at radius 2 is 1.65 bits per heavy atom. The number of hydrogen-bond donors (Lipinski definition) is 2. The minimum atomic E-state index is -0.189. The number of nitrogens with two attached hydrogens (primary N) is 2. The highest BCUT2D eigenvalue weighted by Crippen LogP contribution is 2.40. The Balaban J connectivity index is 1.84. The standard InChI is InChI=1S/C20H33N3/c1-15-17(20(22)9-7-16(21)8-10-20)5-4-6-18(15)23-13-11-19(2,3)12-14-23/h4-6,16H,7-14,21-22H2,1-3H3. The molecule has 2 fully saturated rings. The van der Waals surface area contributed by atoms with Gasteiger partial charge in [0.25, 0.3) is 0 Å². The molecular weight excluding hydrogens is 282 g/mol. The van der Waals surface area contributed by atoms with E-state index in [-0.39, 0.29) is 5.54 Å². The highest BCUT2D eigenvalue weighted by Gasteiger charge is 2.34. The van der Waals surface area contributed by atoms with Gasteiger partial charge in [0.2, 0.25) is 0 Å². The van der Waals surface area contributed by atoms with Crippen molar-refractivity contribution in [3.63, 3.8) is 0 Å². The third-order valence-corrected chi connectivity index (χ3v) is 6.22. The minimum Gasteiger partial charge on any atom is -0.371 e. The predicted octanol–water partition coefficient (Wildman–Crippen LogP) is 3.68. The van der Waals surface area contributed by atoms with Crippen molar-refractivity contribution >= 4 is 5.69 Å². The van der Waals surface area contributed by atoms with E-state index in [1.807, 2.05) is 0 Å². The zero-order chi connectivity index (χ0) is 16.7. The van der Waals surface area contributed by atoms with Crippen molar-refractivity contribution in [2.45, 2.75) is 70.9 Å². The lowest BCUT2D eigenvalue weighted by molar-refractivity contribution is 0.274. The molecule has 23 heavy (non-hydrogen) atoms. The SMILES string of the molecule is Cc1c(N2CCC(C)(C)CC2)cccc1C1(N)CCC(N)CC1. The van der Waals surface area contributed by atoms with Crippen molar-refractivity contribution in [2.75, 3.05) is 18.0 Å². The molecule has 1 saturated carbocycles. The molecule has 0 bridgehead atoms. The molecule has 0 atom stereocenters. The van der Waals surface area contributed by atoms with Crippen LogP contribution in [-0.2, 0) is 5.54 Å². The van der Waals surface area contributed by atoms with E-state index in [2.05, 4.69) is 43.9 Å². The Morgan fingerprint density at radius 1 is 1.04 bits per heavy atom. The molecule has 0 amide bonds. The van der Waals surface area contributed by atoms with Crippen LogP contribution in [0.3, 0.4) is 0 Å². The van der Waals surface area contributed by atoms with Crippen molar-refractivity contribution in [3.05, 3.63) is 29.3 Å². The van der Waals surface area contributed by atoms with Crippen LogP contribution >= 0.6 is 0 Å². The summed E-state index contributed by atoms with van der Waals surface area (Å²) >= 11 is 0. The molecule has 1 heterocycles. The average molecular weight is 316 g/mol. The molecule has 1 aromatic carbocycles. The molecule has 0 spiro atoms. The molecule has 1 aliphatic carbocycles. The molecule has 1 aromatic rings. The van der Waals surface area contributed by atoms with Crippen LogP contribution in [0.15, 0.2) is 18.2 Å². The second kappa shape index (κ2) is 6.10. The maximum absolute atomic E-state index is 6.81. The minimum absolute atomic E-state index is 0.189. The van der Waals surface area contributed by atoms with Gasteiger partial charge in [-0.1, -0.05) is 26.0 Å². The van der Waals surface area contributed by atoms with Crippen molar-refractivity contribution < 1.29 is 0 Å². The Labute approximate surface area is 141 Å². The Morgan fingerprint density at radius 3 is 2.26 bits per heavy atom. The van der Waals surface area contributed by atoms with Crippen LogP contribution in [0.2, 0.25) is 0 Å². The molecule has 0 unspecified atom stereocenters. The van der Waals surface area contributed by atoms with Gasteiger partial charge in [-0.3, -0.25) is 0 Å². The fraction of sp³-hybridized carbons (Fsp3) is 0.700. The number of benzene rings is 1. The van der Waals surface area contributed by atoms with E-state index in [9.17, 15) is 0 Å². The quantitative estimate of drug-likeness (QED) is 0.875. The summed E-state index contributed by atoms with van der Waals surface area (Å²) in [4.78, 5) is 2.56. The topological polar surface area (TPSA) is 55.3 Å². The molecule has 4 N–H and O–H groups in total. The lowest BCUT2D eigenvalue weighted by atomic mass is 9.74. The summed E-state index contributed by atoms with van der Waals surface area (Å²) < 4.78 is 0. The summed E-state index contributed by atoms with van der Waals surface area (Å²) in [5.41, 5.74) is 17.3. The van der Waals surface area contributed by atoms with Gasteiger partial charge in [0, 0.05) is 30.4 Å². The van der Waals surface area contributed by atoms with Gasteiger partial charge in [-0.15, -0.1) is 0 Å². The third kappa shape index (κ3) is 3.41. The van der Waals surface area contributed by atoms with E-state index in [0.717, 1.165) is 38.8 Å². The number of anilines is 1. The normalized spacial score (nSPS) is 31.2. The Hall–Kier alpha value is -1.06. The van der Waals surface area contributed by atoms with E-state index < -0.39 is 0 Å². The first-order valence-corrected chi connectivity index (χ1v) is 9.20. The van der Waals surface area contributed by atoms with E-state index in [4.69, 9.17) is 11.5 Å². The lowest BCUT2D eigenvalue weighted by Crippen LogP contribution is -2.44. The molecule has 128 valence electrons. The summed E-state index contributed by atoms with van der Waals surface area (Å²) in [7, 11) is 0. The van der Waals surface area contributed by atoms with Crippen molar-refractivity contribution in [2.24, 2.45) is 16.9 Å². The largest absolute Gasteiger partial charge is 0.371 e. The van der Waals surface area contributed by atoms with E-state index in [0.29, 0.717) is 11.5 Å². The highest BCUT2D eigenvalue weighted by atomic mass is 15.1. The molecule has 0 aromatic heterocycles. The van der Waals surface area contributed by atoms with Gasteiger partial charge < -0.3 is 16.4 Å². The first kappa shape index (κ1) is 16.8. The first-order valence-electron chi connectivity index (χ1n) is 9.20. The number of nitrogens with zero attached hydrogens (tertiary/aromatic N) is 1. The number of rotatable bonds is 2. The van der Waals surface area contributed by atoms with Crippen LogP contribution in [0.4, 0.5) is 5.69 Å². The monoisotopic (exact) mass is 315 g/mol. The summed E-state index contributed by atoms with van der Waals surface area (Å²) in [6.45, 7) is 9.33. The maximum atomic E-state index is 6.81. The summed E-state index contributed by atoms with van der Waals surface area (Å²) in [6.07, 6.45) is 6.62. The number of piperidine rings is 1. The molecular formula is C20H33N3. The van der Waals surface area contributed by atoms with Gasteiger partial charge in [-0.05, 0) is 68.1 Å². The molecule has 2 aliphatic rings. The van der Waals surface area contributed by atoms with Crippen LogP contribution in [-0.4, -0.2) is 19.1 Å². The molecule has 3 nitrogen and oxygen atoms in total. The van der Waals surface area contributed by atoms with Gasteiger partial charge in [-0.2, -0.15) is 0 Å². The summed E-state index contributed by atoms with van der Waals surface area (Å²) in [6, 6.07) is 7.04. The second-order valence-corrected chi connectivity index (χ2v) is 8.59. The second-order valence-electron chi connectivity index (χ2n) is 8.59. The summed E-state index contributed by atoms with van der Waals surface area (Å²) in [5, 5.41) is 0. The fourth-order valence-corrected chi connectivity index (χ4v) is 4.28. The Bertz CT molecular complexity index is 546. The van der Waals surface area contributed by atoms with Gasteiger partial charge in [-0.25, -0.2) is 0 Å². The van der Waals surface area contributed by atoms with Crippen LogP contribution in [0, 0.1) is 12.3 Å². The molecule has 0 radical (unpaired) electrons. The fourth-order valence-electron chi connectivity index (χ4n) is 4.28. The van der Waals surface area contributed by atoms with Gasteiger partial charge >= 0.3 is 0 Å². The van der Waals surface area contributed by atoms with Gasteiger partial charge in [0.05, 0.1) is 0 Å². The smallest absolute Gasteiger partial charge is 0.0414 e. The van der Waals surface area contributed by atoms with Crippen LogP contribution in [0.25, 0.3) is 0 Å². The molecule has 3 rings (SSSR count). The van der Waals surface area contributed by atoms with Crippen molar-refractivity contribution in [1.82, 2.24) is 0 Å². The highest BCUT2D eigenvalue weighted by molar-refractivity contribution is 5.58. The van der Waals surface area contributed by atoms with Gasteiger partial charge in [0.15, 0.2) is 0 Å². The lowest BCUT2D eigenvalue weighted by Gasteiger charge is -2.41. The molecule has 1 aliphatic heterocycles. The van der Waals surface area contributed by atoms with Gasteiger partial charge in [0.1, 0.15) is 0 Å². The predicted molar refractivity (Wildman–Crippen MR) is 98.7 cm³/mol. The van der Waals surface area contributed by atoms with E-state index >= 15 is 0 Å². The maximum Gasteiger partial charge on any atom is 0.0414 e. The summed E-state index contributed by atoms with van der Waals surface area (Å²) in [5.74, 6) is 0. The van der Waals surface area contributed by atoms with Crippen molar-refractivity contribution in [3.8, 4) is 0 Å². The van der Waals surface area contributed by atoms with Crippen LogP contribution in [0.5, 0.6) is 0 Å². The molecule has 1 saturated heterocycles. The third-order valence-electron chi connectivity index (χ3n) is 6.22.